The molecule has 122 valence electrons. The monoisotopic (exact) mass is 320 g/mol. The molecule has 3 aromatic rings. The highest BCUT2D eigenvalue weighted by Gasteiger charge is 2.07. The topological polar surface area (TPSA) is 87.9 Å². The number of hydrogen-bond donors (Lipinski definition) is 4. The molecule has 5 N–H and O–H groups in total. The summed E-state index contributed by atoms with van der Waals surface area (Å²) in [5.41, 5.74) is 16.0. The lowest BCUT2D eigenvalue weighted by molar-refractivity contribution is 1.08. The number of aryl methyl sites for hydroxylation is 1. The molecule has 3 rings (SSSR count). The molecule has 0 bridgehead atoms. The summed E-state index contributed by atoms with van der Waals surface area (Å²) < 4.78 is 0. The van der Waals surface area contributed by atoms with Crippen molar-refractivity contribution in [3.05, 3.63) is 72.1 Å². The van der Waals surface area contributed by atoms with Gasteiger partial charge in [-0.25, -0.2) is 9.97 Å². The van der Waals surface area contributed by atoms with Crippen molar-refractivity contribution in [2.45, 2.75) is 13.5 Å². The highest BCUT2D eigenvalue weighted by molar-refractivity contribution is 5.74. The number of rotatable bonds is 6. The molecule has 0 saturated carbocycles. The minimum Gasteiger partial charge on any atom is -0.393 e. The lowest BCUT2D eigenvalue weighted by Gasteiger charge is -2.13. The maximum absolute atomic E-state index is 6.15. The van der Waals surface area contributed by atoms with E-state index in [1.807, 2.05) is 30.3 Å². The molecule has 2 aromatic carbocycles. The number of aromatic nitrogens is 2. The number of nitrogens with one attached hydrogen (secondary N) is 3. The van der Waals surface area contributed by atoms with Gasteiger partial charge in [-0.05, 0) is 24.6 Å². The van der Waals surface area contributed by atoms with Crippen LogP contribution in [0, 0.1) is 6.92 Å². The number of nitrogens with zero attached hydrogens (tertiary/aromatic N) is 2. The Balaban J connectivity index is 1.65. The second kappa shape index (κ2) is 7.32. The smallest absolute Gasteiger partial charge is 0.173 e. The number of para-hydroxylation sites is 1. The summed E-state index contributed by atoms with van der Waals surface area (Å²) in [7, 11) is 0. The van der Waals surface area contributed by atoms with E-state index in [0.29, 0.717) is 23.9 Å². The predicted octanol–water partition coefficient (Wildman–Crippen LogP) is 3.42. The van der Waals surface area contributed by atoms with Crippen molar-refractivity contribution in [2.24, 2.45) is 0 Å². The Labute approximate surface area is 141 Å². The summed E-state index contributed by atoms with van der Waals surface area (Å²) >= 11 is 0. The summed E-state index contributed by atoms with van der Waals surface area (Å²) in [5, 5.41) is 3.24. The summed E-state index contributed by atoms with van der Waals surface area (Å²) in [6.45, 7) is 2.71. The first-order valence-corrected chi connectivity index (χ1v) is 7.69. The molecule has 0 aliphatic rings. The van der Waals surface area contributed by atoms with Gasteiger partial charge < -0.3 is 11.1 Å². The summed E-state index contributed by atoms with van der Waals surface area (Å²) in [6.07, 6.45) is 1.48. The standard InChI is InChI=1S/C18H20N6/c1-13-7-9-14(10-8-13)11-20-17-16(19)18(22-12-21-17)24-23-15-5-3-2-4-6-15/h2-10,12,23H,11,19H2,1H3,(H2,20,21,22,24). The average molecular weight is 320 g/mol. The van der Waals surface area contributed by atoms with Crippen LogP contribution in [0.15, 0.2) is 60.9 Å². The minimum absolute atomic E-state index is 0.466. The van der Waals surface area contributed by atoms with E-state index >= 15 is 0 Å². The molecule has 6 heteroatoms. The van der Waals surface area contributed by atoms with E-state index in [4.69, 9.17) is 5.73 Å². The lowest BCUT2D eigenvalue weighted by Crippen LogP contribution is -2.14. The third-order valence-electron chi connectivity index (χ3n) is 3.56. The third-order valence-corrected chi connectivity index (χ3v) is 3.56. The minimum atomic E-state index is 0.466. The zero-order chi connectivity index (χ0) is 16.8. The van der Waals surface area contributed by atoms with Gasteiger partial charge in [0.25, 0.3) is 0 Å². The van der Waals surface area contributed by atoms with E-state index in [9.17, 15) is 0 Å². The zero-order valence-corrected chi connectivity index (χ0v) is 13.5. The van der Waals surface area contributed by atoms with Crippen molar-refractivity contribution in [3.8, 4) is 0 Å². The third kappa shape index (κ3) is 3.92. The number of hydrazine groups is 1. The predicted molar refractivity (Wildman–Crippen MR) is 98.6 cm³/mol. The van der Waals surface area contributed by atoms with E-state index in [0.717, 1.165) is 11.3 Å². The molecule has 6 nitrogen and oxygen atoms in total. The van der Waals surface area contributed by atoms with Crippen molar-refractivity contribution in [1.82, 2.24) is 9.97 Å². The molecule has 0 saturated heterocycles. The highest BCUT2D eigenvalue weighted by Crippen LogP contribution is 2.23. The molecular weight excluding hydrogens is 300 g/mol. The van der Waals surface area contributed by atoms with Gasteiger partial charge in [0.1, 0.15) is 12.0 Å². The Morgan fingerprint density at radius 2 is 1.58 bits per heavy atom. The molecule has 24 heavy (non-hydrogen) atoms. The van der Waals surface area contributed by atoms with Crippen LogP contribution in [-0.4, -0.2) is 9.97 Å². The van der Waals surface area contributed by atoms with Crippen LogP contribution in [0.4, 0.5) is 23.0 Å². The van der Waals surface area contributed by atoms with Crippen molar-refractivity contribution < 1.29 is 0 Å². The summed E-state index contributed by atoms with van der Waals surface area (Å²) in [6, 6.07) is 18.1. The van der Waals surface area contributed by atoms with Crippen molar-refractivity contribution in [3.63, 3.8) is 0 Å². The van der Waals surface area contributed by atoms with E-state index in [1.165, 1.54) is 11.9 Å². The van der Waals surface area contributed by atoms with Crippen LogP contribution in [0.25, 0.3) is 0 Å². The normalized spacial score (nSPS) is 10.2. The van der Waals surface area contributed by atoms with Crippen LogP contribution < -0.4 is 21.9 Å². The van der Waals surface area contributed by atoms with Crippen LogP contribution in [0.5, 0.6) is 0 Å². The zero-order valence-electron chi connectivity index (χ0n) is 13.5. The van der Waals surface area contributed by atoms with Gasteiger partial charge in [0.15, 0.2) is 11.6 Å². The Bertz CT molecular complexity index is 786. The van der Waals surface area contributed by atoms with Crippen LogP contribution in [-0.2, 0) is 6.54 Å². The fourth-order valence-corrected chi connectivity index (χ4v) is 2.18. The maximum atomic E-state index is 6.15. The number of hydrogen-bond acceptors (Lipinski definition) is 6. The first-order valence-electron chi connectivity index (χ1n) is 7.69. The quantitative estimate of drug-likeness (QED) is 0.521. The van der Waals surface area contributed by atoms with Gasteiger partial charge in [-0.2, -0.15) is 0 Å². The van der Waals surface area contributed by atoms with Crippen molar-refractivity contribution in [2.75, 3.05) is 21.9 Å². The van der Waals surface area contributed by atoms with Gasteiger partial charge in [-0.3, -0.25) is 10.9 Å². The fraction of sp³-hybridized carbons (Fsp3) is 0.111. The van der Waals surface area contributed by atoms with Crippen molar-refractivity contribution in [1.29, 1.82) is 0 Å². The number of benzene rings is 2. The van der Waals surface area contributed by atoms with E-state index < -0.39 is 0 Å². The Morgan fingerprint density at radius 1 is 0.875 bits per heavy atom. The van der Waals surface area contributed by atoms with E-state index in [2.05, 4.69) is 57.3 Å². The van der Waals surface area contributed by atoms with Gasteiger partial charge >= 0.3 is 0 Å². The Morgan fingerprint density at radius 3 is 2.33 bits per heavy atom. The molecule has 0 unspecified atom stereocenters. The molecule has 0 amide bonds. The Hall–Kier alpha value is -3.28. The first-order chi connectivity index (χ1) is 11.7. The van der Waals surface area contributed by atoms with Crippen molar-refractivity contribution >= 4 is 23.0 Å². The van der Waals surface area contributed by atoms with Crippen LogP contribution >= 0.6 is 0 Å². The number of nitrogen functional groups attached to an aromatic ring is 1. The second-order valence-corrected chi connectivity index (χ2v) is 5.44. The molecule has 0 aliphatic carbocycles. The summed E-state index contributed by atoms with van der Waals surface area (Å²) in [4.78, 5) is 8.38. The molecule has 1 heterocycles. The largest absolute Gasteiger partial charge is 0.393 e. The maximum Gasteiger partial charge on any atom is 0.173 e. The lowest BCUT2D eigenvalue weighted by atomic mass is 10.1. The van der Waals surface area contributed by atoms with Gasteiger partial charge in [0, 0.05) is 6.54 Å². The van der Waals surface area contributed by atoms with Crippen LogP contribution in [0.3, 0.4) is 0 Å². The Kier molecular flexibility index (Phi) is 4.76. The van der Waals surface area contributed by atoms with Gasteiger partial charge in [-0.15, -0.1) is 0 Å². The van der Waals surface area contributed by atoms with Crippen LogP contribution in [0.2, 0.25) is 0 Å². The molecule has 0 fully saturated rings. The van der Waals surface area contributed by atoms with E-state index in [1.54, 1.807) is 0 Å². The highest BCUT2D eigenvalue weighted by atomic mass is 15.4. The van der Waals surface area contributed by atoms with E-state index in [-0.39, 0.29) is 0 Å². The van der Waals surface area contributed by atoms with Gasteiger partial charge in [-0.1, -0.05) is 48.0 Å². The molecule has 0 aliphatic heterocycles. The number of anilines is 4. The fourth-order valence-electron chi connectivity index (χ4n) is 2.18. The SMILES string of the molecule is Cc1ccc(CNc2ncnc(NNc3ccccc3)c2N)cc1. The number of nitrogens with two attached hydrogens (primary N) is 1. The average Bonchev–Trinajstić information content (AvgIpc) is 2.62. The van der Waals surface area contributed by atoms with Gasteiger partial charge in [0.2, 0.25) is 0 Å². The molecule has 0 radical (unpaired) electrons. The second-order valence-electron chi connectivity index (χ2n) is 5.44. The molecule has 0 atom stereocenters. The summed E-state index contributed by atoms with van der Waals surface area (Å²) in [5.74, 6) is 1.13. The molecule has 0 spiro atoms. The first kappa shape index (κ1) is 15.6. The van der Waals surface area contributed by atoms with Crippen LogP contribution in [0.1, 0.15) is 11.1 Å². The van der Waals surface area contributed by atoms with Gasteiger partial charge in [0.05, 0.1) is 5.69 Å². The molecular formula is C18H20N6. The molecule has 1 aromatic heterocycles.